The molecule has 1 heterocycles. The molecule has 0 aromatic rings. The van der Waals surface area contributed by atoms with Crippen LogP contribution in [-0.4, -0.2) is 34.5 Å². The number of cyclic esters (lactones) is 1. The average molecular weight is 228 g/mol. The molecule has 0 aromatic carbocycles. The van der Waals surface area contributed by atoms with Gasteiger partial charge in [-0.1, -0.05) is 25.5 Å². The van der Waals surface area contributed by atoms with Crippen molar-refractivity contribution < 1.29 is 19.7 Å². The molecule has 3 atom stereocenters. The summed E-state index contributed by atoms with van der Waals surface area (Å²) in [5.41, 5.74) is 0. The van der Waals surface area contributed by atoms with Crippen LogP contribution in [0.2, 0.25) is 0 Å². The van der Waals surface area contributed by atoms with Gasteiger partial charge in [-0.3, -0.25) is 4.79 Å². The van der Waals surface area contributed by atoms with Crippen molar-refractivity contribution in [2.75, 3.05) is 0 Å². The van der Waals surface area contributed by atoms with Gasteiger partial charge in [0.1, 0.15) is 18.3 Å². The molecule has 0 unspecified atom stereocenters. The van der Waals surface area contributed by atoms with Crippen molar-refractivity contribution in [3.63, 3.8) is 0 Å². The minimum atomic E-state index is -1.03. The summed E-state index contributed by atoms with van der Waals surface area (Å²) in [5, 5.41) is 19.5. The quantitative estimate of drug-likeness (QED) is 0.550. The van der Waals surface area contributed by atoms with E-state index < -0.39 is 18.3 Å². The van der Waals surface area contributed by atoms with Crippen molar-refractivity contribution in [1.29, 1.82) is 0 Å². The number of carbonyl (C=O) groups excluding carboxylic acids is 1. The Kier molecular flexibility index (Phi) is 5.49. The van der Waals surface area contributed by atoms with Crippen LogP contribution in [0.4, 0.5) is 0 Å². The van der Waals surface area contributed by atoms with E-state index in [0.717, 1.165) is 19.3 Å². The highest BCUT2D eigenvalue weighted by atomic mass is 16.6. The Morgan fingerprint density at radius 2 is 2.25 bits per heavy atom. The molecule has 0 aromatic heterocycles. The number of rotatable bonds is 2. The van der Waals surface area contributed by atoms with Crippen LogP contribution in [0.1, 0.15) is 39.0 Å². The number of esters is 1. The van der Waals surface area contributed by atoms with Gasteiger partial charge in [-0.2, -0.15) is 0 Å². The first-order valence-corrected chi connectivity index (χ1v) is 5.87. The molecule has 4 nitrogen and oxygen atoms in total. The molecular formula is C12H20O4. The summed E-state index contributed by atoms with van der Waals surface area (Å²) in [6.07, 6.45) is 3.96. The van der Waals surface area contributed by atoms with Gasteiger partial charge in [-0.15, -0.1) is 0 Å². The smallest absolute Gasteiger partial charge is 0.306 e. The van der Waals surface area contributed by atoms with E-state index in [1.165, 1.54) is 0 Å². The van der Waals surface area contributed by atoms with E-state index in [0.29, 0.717) is 12.8 Å². The Morgan fingerprint density at radius 3 is 2.94 bits per heavy atom. The molecule has 0 bridgehead atoms. The molecule has 0 radical (unpaired) electrons. The third-order valence-corrected chi connectivity index (χ3v) is 2.67. The second-order valence-corrected chi connectivity index (χ2v) is 4.12. The largest absolute Gasteiger partial charge is 0.459 e. The van der Waals surface area contributed by atoms with Gasteiger partial charge in [-0.25, -0.2) is 0 Å². The van der Waals surface area contributed by atoms with Crippen LogP contribution < -0.4 is 0 Å². The van der Waals surface area contributed by atoms with Crippen molar-refractivity contribution in [2.24, 2.45) is 0 Å². The Bertz CT molecular complexity index is 249. The molecule has 0 saturated heterocycles. The number of hydrogen-bond acceptors (Lipinski definition) is 4. The van der Waals surface area contributed by atoms with Gasteiger partial charge in [-0.05, 0) is 19.3 Å². The Hall–Kier alpha value is -0.870. The molecule has 0 saturated carbocycles. The van der Waals surface area contributed by atoms with Gasteiger partial charge in [0.2, 0.25) is 0 Å². The summed E-state index contributed by atoms with van der Waals surface area (Å²) in [6, 6.07) is 0. The standard InChI is InChI=1S/C12H20O4/c1-2-6-10-12(15)9(13)7-4-3-5-8-11(14)16-10/h4,7,9-10,12-13,15H,2-3,5-6,8H2,1H3/t9-,10+,12-/m0/s1. The fourth-order valence-corrected chi connectivity index (χ4v) is 1.75. The molecule has 0 aliphatic carbocycles. The second-order valence-electron chi connectivity index (χ2n) is 4.12. The fraction of sp³-hybridized carbons (Fsp3) is 0.750. The van der Waals surface area contributed by atoms with Crippen molar-refractivity contribution in [2.45, 2.75) is 57.3 Å². The van der Waals surface area contributed by atoms with Crippen LogP contribution in [0.5, 0.6) is 0 Å². The highest BCUT2D eigenvalue weighted by Crippen LogP contribution is 2.15. The third kappa shape index (κ3) is 3.94. The lowest BCUT2D eigenvalue weighted by atomic mass is 10.0. The van der Waals surface area contributed by atoms with Crippen molar-refractivity contribution in [3.8, 4) is 0 Å². The third-order valence-electron chi connectivity index (χ3n) is 2.67. The summed E-state index contributed by atoms with van der Waals surface area (Å²) >= 11 is 0. The van der Waals surface area contributed by atoms with Gasteiger partial charge < -0.3 is 14.9 Å². The highest BCUT2D eigenvalue weighted by molar-refractivity contribution is 5.69. The number of carbonyl (C=O) groups is 1. The van der Waals surface area contributed by atoms with E-state index in [-0.39, 0.29) is 5.97 Å². The van der Waals surface area contributed by atoms with Crippen molar-refractivity contribution in [3.05, 3.63) is 12.2 Å². The number of ether oxygens (including phenoxy) is 1. The van der Waals surface area contributed by atoms with Crippen LogP contribution in [-0.2, 0) is 9.53 Å². The second kappa shape index (κ2) is 6.66. The summed E-state index contributed by atoms with van der Waals surface area (Å²) in [7, 11) is 0. The molecule has 1 aliphatic rings. The highest BCUT2D eigenvalue weighted by Gasteiger charge is 2.27. The molecule has 92 valence electrons. The van der Waals surface area contributed by atoms with E-state index in [9.17, 15) is 15.0 Å². The van der Waals surface area contributed by atoms with Gasteiger partial charge in [0.05, 0.1) is 0 Å². The predicted molar refractivity (Wildman–Crippen MR) is 59.8 cm³/mol. The SMILES string of the molecule is CCC[C@H]1OC(=O)CCCC=C[C@H](O)[C@@H]1O. The Balaban J connectivity index is 2.72. The van der Waals surface area contributed by atoms with Crippen LogP contribution in [0, 0.1) is 0 Å². The maximum absolute atomic E-state index is 11.4. The van der Waals surface area contributed by atoms with Gasteiger partial charge >= 0.3 is 5.97 Å². The first kappa shape index (κ1) is 13.2. The number of hydrogen-bond donors (Lipinski definition) is 2. The monoisotopic (exact) mass is 228 g/mol. The zero-order chi connectivity index (χ0) is 12.0. The Morgan fingerprint density at radius 1 is 1.50 bits per heavy atom. The maximum Gasteiger partial charge on any atom is 0.306 e. The Labute approximate surface area is 95.9 Å². The molecule has 0 spiro atoms. The predicted octanol–water partition coefficient (Wildman–Crippen LogP) is 1.16. The fourth-order valence-electron chi connectivity index (χ4n) is 1.75. The lowest BCUT2D eigenvalue weighted by Crippen LogP contribution is -2.39. The average Bonchev–Trinajstić information content (AvgIpc) is 2.26. The molecule has 4 heteroatoms. The molecule has 0 amide bonds. The van der Waals surface area contributed by atoms with Gasteiger partial charge in [0, 0.05) is 6.42 Å². The number of aliphatic hydroxyl groups excluding tert-OH is 2. The molecule has 2 N–H and O–H groups in total. The summed E-state index contributed by atoms with van der Waals surface area (Å²) in [4.78, 5) is 11.4. The summed E-state index contributed by atoms with van der Waals surface area (Å²) in [5.74, 6) is -0.292. The molecular weight excluding hydrogens is 208 g/mol. The normalized spacial score (nSPS) is 32.2. The number of allylic oxidation sites excluding steroid dienone is 1. The minimum absolute atomic E-state index is 0.292. The summed E-state index contributed by atoms with van der Waals surface area (Å²) < 4.78 is 5.17. The van der Waals surface area contributed by atoms with Gasteiger partial charge in [0.15, 0.2) is 0 Å². The van der Waals surface area contributed by atoms with Crippen LogP contribution in [0.15, 0.2) is 12.2 Å². The van der Waals surface area contributed by atoms with E-state index >= 15 is 0 Å². The first-order valence-electron chi connectivity index (χ1n) is 5.87. The van der Waals surface area contributed by atoms with Crippen LogP contribution >= 0.6 is 0 Å². The molecule has 1 rings (SSSR count). The first-order chi connectivity index (χ1) is 7.65. The molecule has 16 heavy (non-hydrogen) atoms. The lowest BCUT2D eigenvalue weighted by molar-refractivity contribution is -0.159. The van der Waals surface area contributed by atoms with E-state index in [1.54, 1.807) is 12.2 Å². The maximum atomic E-state index is 11.4. The van der Waals surface area contributed by atoms with E-state index in [2.05, 4.69) is 0 Å². The number of aliphatic hydroxyl groups is 2. The zero-order valence-electron chi connectivity index (χ0n) is 9.63. The minimum Gasteiger partial charge on any atom is -0.459 e. The molecule has 0 fully saturated rings. The van der Waals surface area contributed by atoms with Crippen LogP contribution in [0.25, 0.3) is 0 Å². The van der Waals surface area contributed by atoms with Crippen molar-refractivity contribution in [1.82, 2.24) is 0 Å². The van der Waals surface area contributed by atoms with Crippen molar-refractivity contribution >= 4 is 5.97 Å². The lowest BCUT2D eigenvalue weighted by Gasteiger charge is -2.25. The topological polar surface area (TPSA) is 66.8 Å². The van der Waals surface area contributed by atoms with Crippen LogP contribution in [0.3, 0.4) is 0 Å². The summed E-state index contributed by atoms with van der Waals surface area (Å²) in [6.45, 7) is 1.95. The van der Waals surface area contributed by atoms with E-state index in [4.69, 9.17) is 4.74 Å². The zero-order valence-corrected chi connectivity index (χ0v) is 9.63. The van der Waals surface area contributed by atoms with E-state index in [1.807, 2.05) is 6.92 Å². The van der Waals surface area contributed by atoms with Gasteiger partial charge in [0.25, 0.3) is 0 Å². The molecule has 1 aliphatic heterocycles.